The van der Waals surface area contributed by atoms with Crippen LogP contribution in [0.25, 0.3) is 22.1 Å². The van der Waals surface area contributed by atoms with Gasteiger partial charge in [-0.15, -0.1) is 0 Å². The first-order chi connectivity index (χ1) is 14.8. The average molecular weight is 419 g/mol. The van der Waals surface area contributed by atoms with Crippen LogP contribution in [0, 0.1) is 0 Å². The summed E-state index contributed by atoms with van der Waals surface area (Å²) < 4.78 is 4.05. The number of hydrogen-bond acceptors (Lipinski definition) is 4. The van der Waals surface area contributed by atoms with Crippen LogP contribution in [-0.2, 0) is 13.1 Å². The number of hydrogen-bond donors (Lipinski definition) is 0. The number of fused-ring (bicyclic) bond motifs is 2. The Bertz CT molecular complexity index is 1250. The number of carbonyl (C=O) groups is 1. The Morgan fingerprint density at radius 1 is 1.13 bits per heavy atom. The monoisotopic (exact) mass is 418 g/mol. The van der Waals surface area contributed by atoms with Gasteiger partial charge in [-0.05, 0) is 44.9 Å². The molecule has 0 N–H and O–H groups in total. The van der Waals surface area contributed by atoms with E-state index in [0.29, 0.717) is 12.1 Å². The molecule has 0 saturated carbocycles. The van der Waals surface area contributed by atoms with Crippen molar-refractivity contribution in [3.8, 4) is 0 Å². The van der Waals surface area contributed by atoms with E-state index in [1.165, 1.54) is 0 Å². The molecule has 0 spiro atoms. The minimum absolute atomic E-state index is 0.0488. The smallest absolute Gasteiger partial charge is 0.254 e. The lowest BCUT2D eigenvalue weighted by Crippen LogP contribution is -2.28. The van der Waals surface area contributed by atoms with Crippen LogP contribution < -0.4 is 0 Å². The summed E-state index contributed by atoms with van der Waals surface area (Å²) in [4.78, 5) is 24.9. The summed E-state index contributed by atoms with van der Waals surface area (Å²) in [7, 11) is 1.83. The lowest BCUT2D eigenvalue weighted by molar-refractivity contribution is 0.0782. The van der Waals surface area contributed by atoms with Gasteiger partial charge in [0.1, 0.15) is 5.82 Å². The Morgan fingerprint density at radius 2 is 1.87 bits per heavy atom. The van der Waals surface area contributed by atoms with Crippen molar-refractivity contribution >= 4 is 28.0 Å². The van der Waals surface area contributed by atoms with Crippen LogP contribution in [-0.4, -0.2) is 42.2 Å². The van der Waals surface area contributed by atoms with Crippen molar-refractivity contribution in [2.24, 2.45) is 0 Å². The predicted octanol–water partition coefficient (Wildman–Crippen LogP) is 4.78. The summed E-state index contributed by atoms with van der Waals surface area (Å²) >= 11 is 0. The molecule has 0 aliphatic heterocycles. The van der Waals surface area contributed by atoms with Crippen LogP contribution in [0.3, 0.4) is 0 Å². The summed E-state index contributed by atoms with van der Waals surface area (Å²) in [6.45, 7) is 11.6. The normalized spacial score (nSPS) is 11.9. The van der Waals surface area contributed by atoms with Gasteiger partial charge in [0.15, 0.2) is 5.65 Å². The van der Waals surface area contributed by atoms with Crippen molar-refractivity contribution in [3.05, 3.63) is 53.6 Å². The molecular weight excluding hydrogens is 388 g/mol. The Morgan fingerprint density at radius 3 is 2.55 bits per heavy atom. The Labute approximate surface area is 182 Å². The zero-order valence-corrected chi connectivity index (χ0v) is 19.1. The maximum absolute atomic E-state index is 13.6. The highest BCUT2D eigenvalue weighted by atomic mass is 16.2. The number of rotatable bonds is 6. The third-order valence-corrected chi connectivity index (χ3v) is 5.67. The van der Waals surface area contributed by atoms with Crippen molar-refractivity contribution in [2.45, 2.75) is 59.7 Å². The predicted molar refractivity (Wildman–Crippen MR) is 123 cm³/mol. The second-order valence-electron chi connectivity index (χ2n) is 8.59. The summed E-state index contributed by atoms with van der Waals surface area (Å²) in [6.07, 6.45) is 1.76. The molecule has 7 heteroatoms. The number of pyridine rings is 1. The molecule has 0 aliphatic rings. The Hall–Kier alpha value is -3.22. The number of para-hydroxylation sites is 2. The molecule has 31 heavy (non-hydrogen) atoms. The number of benzene rings is 1. The lowest BCUT2D eigenvalue weighted by atomic mass is 10.0. The molecule has 0 aliphatic carbocycles. The first-order valence-corrected chi connectivity index (χ1v) is 10.9. The number of aryl methyl sites for hydroxylation is 1. The number of nitrogens with zero attached hydrogens (tertiary/aromatic N) is 6. The van der Waals surface area contributed by atoms with Gasteiger partial charge < -0.3 is 9.47 Å². The molecular formula is C24H30N6O. The highest BCUT2D eigenvalue weighted by Crippen LogP contribution is 2.26. The van der Waals surface area contributed by atoms with E-state index in [1.807, 2.05) is 36.0 Å². The van der Waals surface area contributed by atoms with Gasteiger partial charge >= 0.3 is 0 Å². The van der Waals surface area contributed by atoms with E-state index in [-0.39, 0.29) is 17.9 Å². The number of carbonyl (C=O) groups excluding carboxylic acids is 1. The summed E-state index contributed by atoms with van der Waals surface area (Å²) in [5.41, 5.74) is 4.34. The van der Waals surface area contributed by atoms with E-state index in [2.05, 4.69) is 50.4 Å². The quantitative estimate of drug-likeness (QED) is 0.452. The van der Waals surface area contributed by atoms with Crippen molar-refractivity contribution in [1.82, 2.24) is 29.2 Å². The topological polar surface area (TPSA) is 68.8 Å². The van der Waals surface area contributed by atoms with Crippen molar-refractivity contribution in [1.29, 1.82) is 0 Å². The molecule has 4 aromatic rings. The van der Waals surface area contributed by atoms with E-state index >= 15 is 0 Å². The molecule has 0 bridgehead atoms. The van der Waals surface area contributed by atoms with Gasteiger partial charge in [0.05, 0.1) is 34.7 Å². The lowest BCUT2D eigenvalue weighted by Gasteiger charge is -2.19. The van der Waals surface area contributed by atoms with Crippen LogP contribution in [0.15, 0.2) is 36.5 Å². The third-order valence-electron chi connectivity index (χ3n) is 5.67. The van der Waals surface area contributed by atoms with Crippen LogP contribution >= 0.6 is 0 Å². The van der Waals surface area contributed by atoms with Gasteiger partial charge in [0, 0.05) is 25.3 Å². The molecule has 0 radical (unpaired) electrons. The maximum Gasteiger partial charge on any atom is 0.254 e. The van der Waals surface area contributed by atoms with E-state index in [4.69, 9.17) is 9.97 Å². The number of aromatic nitrogens is 5. The van der Waals surface area contributed by atoms with Gasteiger partial charge in [-0.1, -0.05) is 26.0 Å². The summed E-state index contributed by atoms with van der Waals surface area (Å²) in [5, 5.41) is 5.30. The zero-order chi connectivity index (χ0) is 22.3. The third kappa shape index (κ3) is 3.69. The first-order valence-electron chi connectivity index (χ1n) is 10.9. The SMILES string of the molecule is CCn1c(CN(C)C(=O)c2cc(C(C)C)nc3c2cnn3C(C)C)nc2ccccc21. The highest BCUT2D eigenvalue weighted by Gasteiger charge is 2.22. The molecule has 0 unspecified atom stereocenters. The molecule has 1 aromatic carbocycles. The van der Waals surface area contributed by atoms with E-state index in [9.17, 15) is 4.79 Å². The summed E-state index contributed by atoms with van der Waals surface area (Å²) in [6, 6.07) is 10.2. The second kappa shape index (κ2) is 8.13. The van der Waals surface area contributed by atoms with E-state index in [0.717, 1.165) is 40.1 Å². The standard InChI is InChI=1S/C24H30N6O/c1-7-29-21-11-9-8-10-19(21)26-22(29)14-28(6)24(31)17-12-20(15(2)3)27-23-18(17)13-25-30(23)16(4)5/h8-13,15-16H,7,14H2,1-6H3. The molecule has 3 aromatic heterocycles. The maximum atomic E-state index is 13.6. The van der Waals surface area contributed by atoms with E-state index < -0.39 is 0 Å². The minimum Gasteiger partial charge on any atom is -0.334 e. The van der Waals surface area contributed by atoms with Crippen LogP contribution in [0.2, 0.25) is 0 Å². The van der Waals surface area contributed by atoms with Gasteiger partial charge in [0.25, 0.3) is 5.91 Å². The fraction of sp³-hybridized carbons (Fsp3) is 0.417. The molecule has 1 amide bonds. The minimum atomic E-state index is -0.0488. The second-order valence-corrected chi connectivity index (χ2v) is 8.59. The van der Waals surface area contributed by atoms with Gasteiger partial charge in [-0.2, -0.15) is 5.10 Å². The van der Waals surface area contributed by atoms with Crippen molar-refractivity contribution < 1.29 is 4.79 Å². The van der Waals surface area contributed by atoms with Crippen molar-refractivity contribution in [3.63, 3.8) is 0 Å². The van der Waals surface area contributed by atoms with Crippen LogP contribution in [0.1, 0.15) is 68.5 Å². The van der Waals surface area contributed by atoms with Crippen molar-refractivity contribution in [2.75, 3.05) is 7.05 Å². The van der Waals surface area contributed by atoms with Crippen LogP contribution in [0.4, 0.5) is 0 Å². The van der Waals surface area contributed by atoms with Gasteiger partial charge in [0.2, 0.25) is 0 Å². The molecule has 3 heterocycles. The number of amides is 1. The Balaban J connectivity index is 1.74. The largest absolute Gasteiger partial charge is 0.334 e. The molecule has 7 nitrogen and oxygen atoms in total. The Kier molecular flexibility index (Phi) is 5.52. The molecule has 0 atom stereocenters. The molecule has 0 saturated heterocycles. The first kappa shape index (κ1) is 21.0. The van der Waals surface area contributed by atoms with Crippen LogP contribution in [0.5, 0.6) is 0 Å². The highest BCUT2D eigenvalue weighted by molar-refractivity contribution is 6.05. The van der Waals surface area contributed by atoms with Gasteiger partial charge in [-0.3, -0.25) is 4.79 Å². The summed E-state index contributed by atoms with van der Waals surface area (Å²) in [5.74, 6) is 1.04. The van der Waals surface area contributed by atoms with Gasteiger partial charge in [-0.25, -0.2) is 14.6 Å². The fourth-order valence-corrected chi connectivity index (χ4v) is 3.98. The fourth-order valence-electron chi connectivity index (χ4n) is 3.98. The van der Waals surface area contributed by atoms with E-state index in [1.54, 1.807) is 11.1 Å². The molecule has 162 valence electrons. The average Bonchev–Trinajstić information content (AvgIpc) is 3.33. The zero-order valence-electron chi connectivity index (χ0n) is 19.1. The number of imidazole rings is 1. The molecule has 0 fully saturated rings. The molecule has 4 rings (SSSR count).